The maximum absolute atomic E-state index is 12.0. The number of hydrogen-bond donors (Lipinski definition) is 2. The predicted molar refractivity (Wildman–Crippen MR) is 95.3 cm³/mol. The molecule has 2 aromatic rings. The molecule has 4 nitrogen and oxygen atoms in total. The van der Waals surface area contributed by atoms with Gasteiger partial charge in [-0.3, -0.25) is 4.79 Å². The molecule has 2 aromatic carbocycles. The first kappa shape index (κ1) is 19.0. The second-order valence-electron chi connectivity index (χ2n) is 5.23. The highest BCUT2D eigenvalue weighted by molar-refractivity contribution is 5.94. The maximum atomic E-state index is 12.0. The second kappa shape index (κ2) is 9.18. The summed E-state index contributed by atoms with van der Waals surface area (Å²) in [4.78, 5) is 12.0. The predicted octanol–water partition coefficient (Wildman–Crippen LogP) is 2.99. The fourth-order valence-electron chi connectivity index (χ4n) is 2.24. The summed E-state index contributed by atoms with van der Waals surface area (Å²) in [6.45, 7) is 5.41. The second-order valence-corrected chi connectivity index (χ2v) is 5.23. The van der Waals surface area contributed by atoms with Crippen LogP contribution >= 0.6 is 12.4 Å². The van der Waals surface area contributed by atoms with Gasteiger partial charge in [0.15, 0.2) is 0 Å². The molecular formula is C18H23ClN2O2. The van der Waals surface area contributed by atoms with Gasteiger partial charge in [0.05, 0.1) is 6.54 Å². The van der Waals surface area contributed by atoms with Crippen LogP contribution in [0.25, 0.3) is 0 Å². The lowest BCUT2D eigenvalue weighted by atomic mass is 10.1. The molecular weight excluding hydrogens is 312 g/mol. The number of nitrogens with two attached hydrogens (primary N) is 1. The third-order valence-corrected chi connectivity index (χ3v) is 3.49. The van der Waals surface area contributed by atoms with Crippen molar-refractivity contribution in [2.75, 3.05) is 13.2 Å². The van der Waals surface area contributed by atoms with Gasteiger partial charge in [-0.2, -0.15) is 0 Å². The zero-order chi connectivity index (χ0) is 15.9. The van der Waals surface area contributed by atoms with E-state index in [1.165, 1.54) is 0 Å². The van der Waals surface area contributed by atoms with Gasteiger partial charge in [-0.15, -0.1) is 12.4 Å². The summed E-state index contributed by atoms with van der Waals surface area (Å²) in [5, 5.41) is 2.85. The van der Waals surface area contributed by atoms with E-state index in [2.05, 4.69) is 5.32 Å². The molecule has 5 heteroatoms. The van der Waals surface area contributed by atoms with Crippen LogP contribution in [-0.2, 0) is 6.54 Å². The number of halogens is 1. The quantitative estimate of drug-likeness (QED) is 0.798. The fraction of sp³-hybridized carbons (Fsp3) is 0.278. The van der Waals surface area contributed by atoms with Crippen LogP contribution < -0.4 is 15.8 Å². The van der Waals surface area contributed by atoms with E-state index in [4.69, 9.17) is 10.5 Å². The van der Waals surface area contributed by atoms with Crippen molar-refractivity contribution in [3.63, 3.8) is 0 Å². The molecule has 0 heterocycles. The van der Waals surface area contributed by atoms with Crippen LogP contribution in [0.4, 0.5) is 0 Å². The summed E-state index contributed by atoms with van der Waals surface area (Å²) in [7, 11) is 0. The highest BCUT2D eigenvalue weighted by atomic mass is 35.5. The average molecular weight is 335 g/mol. The van der Waals surface area contributed by atoms with Gasteiger partial charge < -0.3 is 15.8 Å². The highest BCUT2D eigenvalue weighted by Gasteiger charge is 2.06. The Balaban J connectivity index is 0.00000264. The van der Waals surface area contributed by atoms with Crippen LogP contribution in [0.3, 0.4) is 0 Å². The number of benzene rings is 2. The lowest BCUT2D eigenvalue weighted by Crippen LogP contribution is -2.28. The molecule has 0 bridgehead atoms. The number of hydrogen-bond acceptors (Lipinski definition) is 3. The molecule has 23 heavy (non-hydrogen) atoms. The molecule has 0 aliphatic heterocycles. The summed E-state index contributed by atoms with van der Waals surface area (Å²) < 4.78 is 5.76. The van der Waals surface area contributed by atoms with Crippen molar-refractivity contribution in [3.05, 3.63) is 64.7 Å². The number of nitrogens with one attached hydrogen (secondary N) is 1. The summed E-state index contributed by atoms with van der Waals surface area (Å²) in [6, 6.07) is 13.3. The Morgan fingerprint density at radius 3 is 2.26 bits per heavy atom. The summed E-state index contributed by atoms with van der Waals surface area (Å²) >= 11 is 0. The molecule has 0 aliphatic carbocycles. The van der Waals surface area contributed by atoms with Crippen LogP contribution in [0.2, 0.25) is 0 Å². The van der Waals surface area contributed by atoms with Crippen molar-refractivity contribution in [1.82, 2.24) is 5.32 Å². The topological polar surface area (TPSA) is 64.3 Å². The van der Waals surface area contributed by atoms with E-state index in [0.29, 0.717) is 25.3 Å². The molecule has 3 N–H and O–H groups in total. The van der Waals surface area contributed by atoms with E-state index in [9.17, 15) is 4.79 Å². The third-order valence-electron chi connectivity index (χ3n) is 3.49. The number of carbonyl (C=O) groups excluding carboxylic acids is 1. The Kier molecular flexibility index (Phi) is 7.59. The van der Waals surface area contributed by atoms with Crippen molar-refractivity contribution in [3.8, 4) is 5.75 Å². The normalized spacial score (nSPS) is 9.87. The van der Waals surface area contributed by atoms with Crippen LogP contribution in [0.15, 0.2) is 42.5 Å². The van der Waals surface area contributed by atoms with Crippen LogP contribution in [0.5, 0.6) is 5.75 Å². The zero-order valence-corrected chi connectivity index (χ0v) is 14.3. The minimum atomic E-state index is -0.103. The molecule has 0 unspecified atom stereocenters. The molecule has 0 aromatic heterocycles. The Hall–Kier alpha value is -2.04. The first-order valence-corrected chi connectivity index (χ1v) is 7.38. The van der Waals surface area contributed by atoms with Gasteiger partial charge in [-0.25, -0.2) is 0 Å². The van der Waals surface area contributed by atoms with E-state index in [1.54, 1.807) is 12.1 Å². The molecule has 0 radical (unpaired) electrons. The van der Waals surface area contributed by atoms with Crippen molar-refractivity contribution in [2.24, 2.45) is 5.73 Å². The van der Waals surface area contributed by atoms with E-state index in [1.807, 2.05) is 44.2 Å². The fourth-order valence-corrected chi connectivity index (χ4v) is 2.24. The number of carbonyl (C=O) groups is 1. The van der Waals surface area contributed by atoms with E-state index in [0.717, 1.165) is 22.4 Å². The van der Waals surface area contributed by atoms with Crippen molar-refractivity contribution in [2.45, 2.75) is 20.4 Å². The molecule has 0 atom stereocenters. The maximum Gasteiger partial charge on any atom is 0.251 e. The van der Waals surface area contributed by atoms with Gasteiger partial charge in [0.25, 0.3) is 5.91 Å². The van der Waals surface area contributed by atoms with Gasteiger partial charge in [-0.1, -0.05) is 30.3 Å². The number of ether oxygens (including phenoxy) is 1. The minimum absolute atomic E-state index is 0. The number of rotatable bonds is 6. The Labute approximate surface area is 143 Å². The average Bonchev–Trinajstić information content (AvgIpc) is 2.53. The standard InChI is InChI=1S/C18H22N2O2.ClH/c1-13-4-3-5-14(2)17(13)22-11-10-20-18(21)16-8-6-15(12-19)7-9-16;/h3-9H,10-12,19H2,1-2H3,(H,20,21);1H. The lowest BCUT2D eigenvalue weighted by Gasteiger charge is -2.12. The SMILES string of the molecule is Cc1cccc(C)c1OCCNC(=O)c1ccc(CN)cc1.Cl. The summed E-state index contributed by atoms with van der Waals surface area (Å²) in [5.74, 6) is 0.790. The van der Waals surface area contributed by atoms with Crippen molar-refractivity contribution < 1.29 is 9.53 Å². The van der Waals surface area contributed by atoms with Crippen molar-refractivity contribution >= 4 is 18.3 Å². The van der Waals surface area contributed by atoms with Gasteiger partial charge >= 0.3 is 0 Å². The van der Waals surface area contributed by atoms with E-state index in [-0.39, 0.29) is 18.3 Å². The van der Waals surface area contributed by atoms with Gasteiger partial charge in [-0.05, 0) is 42.7 Å². The molecule has 0 saturated heterocycles. The van der Waals surface area contributed by atoms with E-state index < -0.39 is 0 Å². The van der Waals surface area contributed by atoms with Crippen LogP contribution in [0, 0.1) is 13.8 Å². The Morgan fingerprint density at radius 2 is 1.70 bits per heavy atom. The molecule has 0 spiro atoms. The van der Waals surface area contributed by atoms with Gasteiger partial charge in [0, 0.05) is 12.1 Å². The first-order chi connectivity index (χ1) is 10.6. The summed E-state index contributed by atoms with van der Waals surface area (Å²) in [6.07, 6.45) is 0. The highest BCUT2D eigenvalue weighted by Crippen LogP contribution is 2.21. The Morgan fingerprint density at radius 1 is 1.09 bits per heavy atom. The third kappa shape index (κ3) is 5.27. The summed E-state index contributed by atoms with van der Waals surface area (Å²) in [5.41, 5.74) is 9.38. The molecule has 124 valence electrons. The van der Waals surface area contributed by atoms with Gasteiger partial charge in [0.1, 0.15) is 12.4 Å². The smallest absolute Gasteiger partial charge is 0.251 e. The molecule has 0 aliphatic rings. The molecule has 2 rings (SSSR count). The first-order valence-electron chi connectivity index (χ1n) is 7.38. The van der Waals surface area contributed by atoms with Crippen LogP contribution in [0.1, 0.15) is 27.0 Å². The lowest BCUT2D eigenvalue weighted by molar-refractivity contribution is 0.0947. The largest absolute Gasteiger partial charge is 0.491 e. The Bertz CT molecular complexity index is 622. The van der Waals surface area contributed by atoms with E-state index >= 15 is 0 Å². The molecule has 1 amide bonds. The monoisotopic (exact) mass is 334 g/mol. The number of para-hydroxylation sites is 1. The molecule has 0 saturated carbocycles. The van der Waals surface area contributed by atoms with Crippen molar-refractivity contribution in [1.29, 1.82) is 0 Å². The molecule has 0 fully saturated rings. The number of amides is 1. The van der Waals surface area contributed by atoms with Gasteiger partial charge in [0.2, 0.25) is 0 Å². The van der Waals surface area contributed by atoms with Crippen LogP contribution in [-0.4, -0.2) is 19.1 Å². The zero-order valence-electron chi connectivity index (χ0n) is 13.5. The minimum Gasteiger partial charge on any atom is -0.491 e. The number of aryl methyl sites for hydroxylation is 2.